The van der Waals surface area contributed by atoms with E-state index in [0.29, 0.717) is 0 Å². The van der Waals surface area contributed by atoms with Crippen LogP contribution in [-0.4, -0.2) is 14.5 Å². The molecule has 0 atom stereocenters. The molecule has 3 heteroatoms. The molecule has 0 aliphatic carbocycles. The summed E-state index contributed by atoms with van der Waals surface area (Å²) in [6.45, 7) is 2.00. The van der Waals surface area contributed by atoms with Crippen molar-refractivity contribution in [2.75, 3.05) is 0 Å². The normalized spacial score (nSPS) is 11.2. The molecule has 0 saturated carbocycles. The van der Waals surface area contributed by atoms with E-state index in [0.717, 1.165) is 16.9 Å². The fourth-order valence-corrected chi connectivity index (χ4v) is 2.69. The molecule has 96 valence electrons. The highest BCUT2D eigenvalue weighted by atomic mass is 15.0. The summed E-state index contributed by atoms with van der Waals surface area (Å²) in [6.07, 6.45) is 5.68. The van der Waals surface area contributed by atoms with Crippen molar-refractivity contribution >= 4 is 21.8 Å². The van der Waals surface area contributed by atoms with E-state index in [1.807, 2.05) is 31.6 Å². The zero-order valence-corrected chi connectivity index (χ0v) is 11.1. The molecule has 4 rings (SSSR count). The van der Waals surface area contributed by atoms with Crippen LogP contribution in [0.5, 0.6) is 0 Å². The lowest BCUT2D eigenvalue weighted by Crippen LogP contribution is -1.95. The van der Waals surface area contributed by atoms with Gasteiger partial charge < -0.3 is 4.57 Å². The Bertz CT molecular complexity index is 851. The van der Waals surface area contributed by atoms with Gasteiger partial charge in [-0.25, -0.2) is 0 Å². The molecule has 0 radical (unpaired) electrons. The zero-order chi connectivity index (χ0) is 13.5. The van der Waals surface area contributed by atoms with Gasteiger partial charge in [0.2, 0.25) is 0 Å². The second-order valence-corrected chi connectivity index (χ2v) is 4.90. The minimum Gasteiger partial charge on any atom is -0.308 e. The fraction of sp³-hybridized carbons (Fsp3) is 0.0588. The second-order valence-electron chi connectivity index (χ2n) is 4.90. The van der Waals surface area contributed by atoms with Gasteiger partial charge in [-0.1, -0.05) is 18.2 Å². The lowest BCUT2D eigenvalue weighted by molar-refractivity contribution is 1.11. The van der Waals surface area contributed by atoms with Crippen LogP contribution in [0.3, 0.4) is 0 Å². The Balaban J connectivity index is 2.17. The molecule has 0 fully saturated rings. The van der Waals surface area contributed by atoms with E-state index in [1.165, 1.54) is 16.3 Å². The first-order chi connectivity index (χ1) is 9.84. The first-order valence-corrected chi connectivity index (χ1v) is 6.61. The van der Waals surface area contributed by atoms with Crippen LogP contribution < -0.4 is 0 Å². The van der Waals surface area contributed by atoms with Crippen molar-refractivity contribution < 1.29 is 0 Å². The number of hydrogen-bond acceptors (Lipinski definition) is 2. The molecule has 0 spiro atoms. The van der Waals surface area contributed by atoms with Crippen LogP contribution in [-0.2, 0) is 0 Å². The van der Waals surface area contributed by atoms with E-state index < -0.39 is 0 Å². The van der Waals surface area contributed by atoms with Crippen LogP contribution in [0, 0.1) is 6.92 Å². The van der Waals surface area contributed by atoms with Gasteiger partial charge in [0.15, 0.2) is 0 Å². The van der Waals surface area contributed by atoms with Crippen LogP contribution >= 0.6 is 0 Å². The third-order valence-electron chi connectivity index (χ3n) is 3.63. The number of aryl methyl sites for hydroxylation is 1. The number of fused-ring (bicyclic) bond motifs is 3. The highest BCUT2D eigenvalue weighted by molar-refractivity contribution is 6.08. The zero-order valence-electron chi connectivity index (χ0n) is 11.1. The summed E-state index contributed by atoms with van der Waals surface area (Å²) in [4.78, 5) is 8.67. The van der Waals surface area contributed by atoms with Crippen molar-refractivity contribution in [3.8, 4) is 5.69 Å². The Kier molecular flexibility index (Phi) is 2.33. The summed E-state index contributed by atoms with van der Waals surface area (Å²) in [5.41, 5.74) is 4.44. The average molecular weight is 259 g/mol. The fourth-order valence-electron chi connectivity index (χ4n) is 2.69. The molecular weight excluding hydrogens is 246 g/mol. The van der Waals surface area contributed by atoms with Gasteiger partial charge in [0.25, 0.3) is 0 Å². The van der Waals surface area contributed by atoms with E-state index in [4.69, 9.17) is 0 Å². The lowest BCUT2D eigenvalue weighted by atomic mass is 10.2. The van der Waals surface area contributed by atoms with Gasteiger partial charge >= 0.3 is 0 Å². The minimum atomic E-state index is 1.02. The van der Waals surface area contributed by atoms with Crippen LogP contribution in [0.2, 0.25) is 0 Å². The molecule has 20 heavy (non-hydrogen) atoms. The highest BCUT2D eigenvalue weighted by Gasteiger charge is 2.11. The molecule has 4 aromatic rings. The number of hydrogen-bond donors (Lipinski definition) is 0. The highest BCUT2D eigenvalue weighted by Crippen LogP contribution is 2.30. The Hall–Kier alpha value is -2.68. The SMILES string of the molecule is Cc1ccc(-n2c3ccccc3c3cnccc32)cn1. The monoisotopic (exact) mass is 259 g/mol. The predicted octanol–water partition coefficient (Wildman–Crippen LogP) is 3.88. The van der Waals surface area contributed by atoms with E-state index >= 15 is 0 Å². The van der Waals surface area contributed by atoms with Crippen molar-refractivity contribution in [2.24, 2.45) is 0 Å². The van der Waals surface area contributed by atoms with Crippen molar-refractivity contribution in [2.45, 2.75) is 6.92 Å². The van der Waals surface area contributed by atoms with Gasteiger partial charge in [-0.3, -0.25) is 9.97 Å². The predicted molar refractivity (Wildman–Crippen MR) is 81.1 cm³/mol. The van der Waals surface area contributed by atoms with Gasteiger partial charge in [-0.05, 0) is 31.2 Å². The summed E-state index contributed by atoms with van der Waals surface area (Å²) in [6, 6.07) is 14.6. The molecule has 0 unspecified atom stereocenters. The molecule has 3 aromatic heterocycles. The Morgan fingerprint density at radius 1 is 0.850 bits per heavy atom. The summed E-state index contributed by atoms with van der Waals surface area (Å²) < 4.78 is 2.23. The van der Waals surface area contributed by atoms with E-state index in [9.17, 15) is 0 Å². The maximum absolute atomic E-state index is 4.41. The molecule has 0 aliphatic heterocycles. The summed E-state index contributed by atoms with van der Waals surface area (Å²) in [7, 11) is 0. The molecule has 0 bridgehead atoms. The topological polar surface area (TPSA) is 30.7 Å². The van der Waals surface area contributed by atoms with Crippen LogP contribution in [0.4, 0.5) is 0 Å². The third kappa shape index (κ3) is 1.53. The Morgan fingerprint density at radius 2 is 1.70 bits per heavy atom. The number of rotatable bonds is 1. The molecule has 0 saturated heterocycles. The molecular formula is C17H13N3. The standard InChI is InChI=1S/C17H13N3/c1-12-6-7-13(10-19-12)20-16-5-3-2-4-14(16)15-11-18-9-8-17(15)20/h2-11H,1H3. The number of benzene rings is 1. The molecule has 0 N–H and O–H groups in total. The molecule has 0 aliphatic rings. The number of aromatic nitrogens is 3. The maximum Gasteiger partial charge on any atom is 0.0645 e. The molecule has 1 aromatic carbocycles. The van der Waals surface area contributed by atoms with E-state index in [-0.39, 0.29) is 0 Å². The largest absolute Gasteiger partial charge is 0.308 e. The quantitative estimate of drug-likeness (QED) is 0.519. The molecule has 0 amide bonds. The minimum absolute atomic E-state index is 1.02. The maximum atomic E-state index is 4.41. The van der Waals surface area contributed by atoms with Crippen LogP contribution in [0.15, 0.2) is 61.1 Å². The van der Waals surface area contributed by atoms with Crippen LogP contribution in [0.1, 0.15) is 5.69 Å². The van der Waals surface area contributed by atoms with Crippen molar-refractivity contribution in [3.05, 3.63) is 66.7 Å². The molecule has 3 nitrogen and oxygen atoms in total. The number of nitrogens with zero attached hydrogens (tertiary/aromatic N) is 3. The first-order valence-electron chi connectivity index (χ1n) is 6.61. The first kappa shape index (κ1) is 11.2. The summed E-state index contributed by atoms with van der Waals surface area (Å²) in [5.74, 6) is 0. The van der Waals surface area contributed by atoms with E-state index in [1.54, 1.807) is 0 Å². The average Bonchev–Trinajstić information content (AvgIpc) is 2.83. The number of pyridine rings is 2. The van der Waals surface area contributed by atoms with Gasteiger partial charge in [0.05, 0.1) is 22.9 Å². The third-order valence-corrected chi connectivity index (χ3v) is 3.63. The van der Waals surface area contributed by atoms with E-state index in [2.05, 4.69) is 50.9 Å². The smallest absolute Gasteiger partial charge is 0.0645 e. The Morgan fingerprint density at radius 3 is 2.55 bits per heavy atom. The van der Waals surface area contributed by atoms with Crippen molar-refractivity contribution in [1.82, 2.24) is 14.5 Å². The Labute approximate surface area is 116 Å². The van der Waals surface area contributed by atoms with Crippen molar-refractivity contribution in [3.63, 3.8) is 0 Å². The molecule has 3 heterocycles. The van der Waals surface area contributed by atoms with Gasteiger partial charge in [0.1, 0.15) is 0 Å². The van der Waals surface area contributed by atoms with Gasteiger partial charge in [-0.2, -0.15) is 0 Å². The summed E-state index contributed by atoms with van der Waals surface area (Å²) in [5, 5.41) is 2.39. The van der Waals surface area contributed by atoms with Gasteiger partial charge in [-0.15, -0.1) is 0 Å². The summed E-state index contributed by atoms with van der Waals surface area (Å²) >= 11 is 0. The second kappa shape index (κ2) is 4.17. The number of para-hydroxylation sites is 1. The van der Waals surface area contributed by atoms with Gasteiger partial charge in [0, 0.05) is 28.9 Å². The lowest BCUT2D eigenvalue weighted by Gasteiger charge is -2.07. The van der Waals surface area contributed by atoms with Crippen LogP contribution in [0.25, 0.3) is 27.5 Å². The van der Waals surface area contributed by atoms with Crippen molar-refractivity contribution in [1.29, 1.82) is 0 Å².